The molecule has 0 unspecified atom stereocenters. The minimum atomic E-state index is -0.946. The van der Waals surface area contributed by atoms with Gasteiger partial charge in [-0.3, -0.25) is 0 Å². The van der Waals surface area contributed by atoms with Gasteiger partial charge in [-0.05, 0) is 61.6 Å². The van der Waals surface area contributed by atoms with E-state index in [4.69, 9.17) is 15.6 Å². The van der Waals surface area contributed by atoms with E-state index >= 15 is 0 Å². The Labute approximate surface area is 166 Å². The average Bonchev–Trinajstić information content (AvgIpc) is 3.07. The van der Waals surface area contributed by atoms with Gasteiger partial charge in [0, 0.05) is 0 Å². The number of rotatable bonds is 7. The first kappa shape index (κ1) is 23.1. The molecular weight excluding hydrogens is 360 g/mol. The standard InChI is InChI=1S/C16H18O3S.C5H14N2/c1-16(2,3)12-6-4-11(5-7-12)10-19-13-8-9-20-14(13)15(17)18;1-7(2)5-3-4-6/h4-9H,10H2,1-3H3,(H,17,18);3-6H2,1-2H3. The van der Waals surface area contributed by atoms with Crippen LogP contribution in [0.3, 0.4) is 0 Å². The van der Waals surface area contributed by atoms with Gasteiger partial charge >= 0.3 is 5.97 Å². The van der Waals surface area contributed by atoms with Crippen molar-refractivity contribution in [1.29, 1.82) is 0 Å². The van der Waals surface area contributed by atoms with E-state index in [9.17, 15) is 4.79 Å². The van der Waals surface area contributed by atoms with Crippen LogP contribution in [0.5, 0.6) is 5.75 Å². The summed E-state index contributed by atoms with van der Waals surface area (Å²) in [6.07, 6.45) is 1.10. The monoisotopic (exact) mass is 392 g/mol. The summed E-state index contributed by atoms with van der Waals surface area (Å²) in [6.45, 7) is 8.80. The second kappa shape index (κ2) is 11.1. The van der Waals surface area contributed by atoms with Gasteiger partial charge in [-0.15, -0.1) is 11.3 Å². The molecule has 5 nitrogen and oxygen atoms in total. The van der Waals surface area contributed by atoms with Gasteiger partial charge in [-0.25, -0.2) is 4.79 Å². The second-order valence-electron chi connectivity index (χ2n) is 7.60. The molecule has 0 fully saturated rings. The van der Waals surface area contributed by atoms with Gasteiger partial charge in [0.1, 0.15) is 12.4 Å². The third kappa shape index (κ3) is 8.56. The molecular formula is C21H32N2O3S. The van der Waals surface area contributed by atoms with Gasteiger partial charge in [0.05, 0.1) is 0 Å². The van der Waals surface area contributed by atoms with E-state index in [1.165, 1.54) is 16.9 Å². The third-order valence-electron chi connectivity index (χ3n) is 3.85. The van der Waals surface area contributed by atoms with Gasteiger partial charge in [-0.1, -0.05) is 45.0 Å². The summed E-state index contributed by atoms with van der Waals surface area (Å²) >= 11 is 1.17. The van der Waals surface area contributed by atoms with Gasteiger partial charge in [0.2, 0.25) is 0 Å². The molecule has 6 heteroatoms. The Kier molecular flexibility index (Phi) is 9.49. The van der Waals surface area contributed by atoms with Crippen LogP contribution >= 0.6 is 11.3 Å². The number of carboxylic acid groups (broad SMARTS) is 1. The van der Waals surface area contributed by atoms with Crippen molar-refractivity contribution >= 4 is 17.3 Å². The van der Waals surface area contributed by atoms with Crippen molar-refractivity contribution < 1.29 is 14.6 Å². The molecule has 0 atom stereocenters. The molecule has 1 heterocycles. The third-order valence-corrected chi connectivity index (χ3v) is 4.73. The fourth-order valence-electron chi connectivity index (χ4n) is 2.24. The SMILES string of the molecule is CC(C)(C)c1ccc(COc2ccsc2C(=O)O)cc1.CN(C)CCCN. The zero-order valence-corrected chi connectivity index (χ0v) is 17.8. The number of ether oxygens (including phenoxy) is 1. The molecule has 0 radical (unpaired) electrons. The number of thiophene rings is 1. The fourth-order valence-corrected chi connectivity index (χ4v) is 2.91. The quantitative estimate of drug-likeness (QED) is 0.738. The summed E-state index contributed by atoms with van der Waals surface area (Å²) in [5.41, 5.74) is 7.67. The first-order chi connectivity index (χ1) is 12.6. The lowest BCUT2D eigenvalue weighted by atomic mass is 9.87. The Hall–Kier alpha value is -1.89. The predicted octanol–water partition coefficient (Wildman–Crippen LogP) is 4.22. The molecule has 0 aliphatic heterocycles. The first-order valence-electron chi connectivity index (χ1n) is 9.03. The van der Waals surface area contributed by atoms with Gasteiger partial charge < -0.3 is 20.5 Å². The number of hydrogen-bond donors (Lipinski definition) is 2. The van der Waals surface area contributed by atoms with E-state index in [2.05, 4.69) is 51.9 Å². The summed E-state index contributed by atoms with van der Waals surface area (Å²) in [4.78, 5) is 13.4. The Morgan fingerprint density at radius 1 is 1.19 bits per heavy atom. The maximum absolute atomic E-state index is 11.0. The van der Waals surface area contributed by atoms with Gasteiger partial charge in [0.25, 0.3) is 0 Å². The van der Waals surface area contributed by atoms with Crippen LogP contribution in [0.1, 0.15) is 48.0 Å². The minimum absolute atomic E-state index is 0.128. The largest absolute Gasteiger partial charge is 0.487 e. The van der Waals surface area contributed by atoms with E-state index in [-0.39, 0.29) is 10.3 Å². The van der Waals surface area contributed by atoms with Gasteiger partial charge in [-0.2, -0.15) is 0 Å². The molecule has 2 aromatic rings. The van der Waals surface area contributed by atoms with Crippen LogP contribution in [0, 0.1) is 0 Å². The van der Waals surface area contributed by atoms with Crippen molar-refractivity contribution in [2.75, 3.05) is 27.2 Å². The molecule has 0 bridgehead atoms. The highest BCUT2D eigenvalue weighted by atomic mass is 32.1. The lowest BCUT2D eigenvalue weighted by molar-refractivity contribution is 0.0697. The summed E-state index contributed by atoms with van der Waals surface area (Å²) in [6, 6.07) is 9.91. The fraction of sp³-hybridized carbons (Fsp3) is 0.476. The zero-order valence-electron chi connectivity index (χ0n) is 17.0. The molecule has 3 N–H and O–H groups in total. The molecule has 1 aromatic carbocycles. The maximum Gasteiger partial charge on any atom is 0.349 e. The summed E-state index contributed by atoms with van der Waals surface area (Å²) in [5, 5.41) is 10.7. The Morgan fingerprint density at radius 2 is 1.81 bits per heavy atom. The first-order valence-corrected chi connectivity index (χ1v) is 9.91. The molecule has 1 aromatic heterocycles. The summed E-state index contributed by atoms with van der Waals surface area (Å²) < 4.78 is 5.58. The maximum atomic E-state index is 11.0. The second-order valence-corrected chi connectivity index (χ2v) is 8.52. The van der Waals surface area contributed by atoms with Crippen LogP contribution in [0.15, 0.2) is 35.7 Å². The Balaban J connectivity index is 0.000000445. The van der Waals surface area contributed by atoms with Crippen molar-refractivity contribution in [3.05, 3.63) is 51.7 Å². The number of nitrogens with zero attached hydrogens (tertiary/aromatic N) is 1. The van der Waals surface area contributed by atoms with E-state index in [0.29, 0.717) is 12.4 Å². The molecule has 0 spiro atoms. The van der Waals surface area contributed by atoms with Gasteiger partial charge in [0.15, 0.2) is 4.88 Å². The highest BCUT2D eigenvalue weighted by Gasteiger charge is 2.14. The number of aromatic carboxylic acids is 1. The molecule has 0 aliphatic carbocycles. The number of benzene rings is 1. The van der Waals surface area contributed by atoms with Crippen LogP contribution in [0.2, 0.25) is 0 Å². The molecule has 0 saturated heterocycles. The van der Waals surface area contributed by atoms with Crippen molar-refractivity contribution in [2.45, 2.75) is 39.2 Å². The molecule has 0 aliphatic rings. The Bertz CT molecular complexity index is 688. The molecule has 0 saturated carbocycles. The summed E-state index contributed by atoms with van der Waals surface area (Å²) in [5.74, 6) is -0.513. The number of carbonyl (C=O) groups is 1. The number of carboxylic acids is 1. The van der Waals surface area contributed by atoms with Crippen molar-refractivity contribution in [1.82, 2.24) is 4.90 Å². The highest BCUT2D eigenvalue weighted by molar-refractivity contribution is 7.12. The van der Waals surface area contributed by atoms with Crippen LogP contribution in [-0.2, 0) is 12.0 Å². The smallest absolute Gasteiger partial charge is 0.349 e. The molecule has 0 amide bonds. The normalized spacial score (nSPS) is 11.1. The molecule has 2 rings (SSSR count). The predicted molar refractivity (Wildman–Crippen MR) is 113 cm³/mol. The van der Waals surface area contributed by atoms with E-state index < -0.39 is 5.97 Å². The summed E-state index contributed by atoms with van der Waals surface area (Å²) in [7, 11) is 4.10. The van der Waals surface area contributed by atoms with Crippen LogP contribution < -0.4 is 10.5 Å². The van der Waals surface area contributed by atoms with E-state index in [0.717, 1.165) is 25.1 Å². The van der Waals surface area contributed by atoms with Crippen LogP contribution in [-0.4, -0.2) is 43.2 Å². The van der Waals surface area contributed by atoms with E-state index in [1.807, 2.05) is 12.1 Å². The average molecular weight is 393 g/mol. The van der Waals surface area contributed by atoms with Crippen molar-refractivity contribution in [3.63, 3.8) is 0 Å². The molecule has 27 heavy (non-hydrogen) atoms. The zero-order chi connectivity index (χ0) is 20.4. The van der Waals surface area contributed by atoms with Crippen LogP contribution in [0.25, 0.3) is 0 Å². The van der Waals surface area contributed by atoms with Crippen molar-refractivity contribution in [2.24, 2.45) is 5.73 Å². The van der Waals surface area contributed by atoms with Crippen molar-refractivity contribution in [3.8, 4) is 5.75 Å². The topological polar surface area (TPSA) is 75.8 Å². The minimum Gasteiger partial charge on any atom is -0.487 e. The lowest BCUT2D eigenvalue weighted by Crippen LogP contribution is -2.16. The number of nitrogens with two attached hydrogens (primary N) is 1. The lowest BCUT2D eigenvalue weighted by Gasteiger charge is -2.19. The Morgan fingerprint density at radius 3 is 2.26 bits per heavy atom. The van der Waals surface area contributed by atoms with E-state index in [1.54, 1.807) is 11.4 Å². The number of hydrogen-bond acceptors (Lipinski definition) is 5. The van der Waals surface area contributed by atoms with Crippen LogP contribution in [0.4, 0.5) is 0 Å². The molecule has 150 valence electrons. The highest BCUT2D eigenvalue weighted by Crippen LogP contribution is 2.26.